The molecule has 2 aliphatic heterocycles. The highest BCUT2D eigenvalue weighted by Gasteiger charge is 2.45. The number of nitrogens with zero attached hydrogens (tertiary/aromatic N) is 7. The standard InChI is InChI=1S/C79H140N12O15/c1-20-21-35-91-45-66(95)85(15)60(39-50(4)5)69(96)82-59(46-106-48-79(13,14)47-92)74(101)89(19)64(43-56-33-27-23-28-34-56)76(103)87(17)61(40-51(6)7)70(97)81-58(75(102)90-36-29-24-30-37-90)44-65(94)83-67(53(10)11)77(104)88(18)63(42-55-31-25-22-26-32-55)71(98)80-57(38-49(2)3)73(100)86(16)62(41-52(8)9)72(99)84-68(54(12)93)78(91)105/h49-64,67-68,92-93H,20-48H2,1-19H3,(H,80,98)(H,81,97)(H,82,96)(H,83,94)(H,84,99)/t54-,57+,58+,59+,60+,61+,62+,63?,64+,67-,68+/m1/s1. The average molecular weight is 1500 g/mol. The molecule has 12 amide bonds. The van der Waals surface area contributed by atoms with Crippen molar-refractivity contribution >= 4 is 70.9 Å². The van der Waals surface area contributed by atoms with Crippen LogP contribution >= 0.6 is 0 Å². The molecule has 0 bridgehead atoms. The fraction of sp³-hybridized carbons (Fsp3) is 0.848. The number of likely N-dealkylation sites (N-methyl/N-ethyl adjacent to an activating group) is 5. The second kappa shape index (κ2) is 44.2. The summed E-state index contributed by atoms with van der Waals surface area (Å²) in [5, 5.41) is 36.2. The van der Waals surface area contributed by atoms with Crippen LogP contribution in [0.1, 0.15) is 238 Å². The zero-order valence-corrected chi connectivity index (χ0v) is 68.2. The fourth-order valence-electron chi connectivity index (χ4n) is 15.1. The van der Waals surface area contributed by atoms with E-state index < -0.39 is 168 Å². The van der Waals surface area contributed by atoms with E-state index in [0.717, 1.165) is 70.6 Å². The van der Waals surface area contributed by atoms with Crippen molar-refractivity contribution in [2.75, 3.05) is 81.2 Å². The number of piperidine rings is 1. The lowest BCUT2D eigenvalue weighted by Crippen LogP contribution is -2.62. The SMILES string of the molecule is CCCCN1CC(=O)N(C)[C@@H](CC(C)C)C(=O)N[C@@H](COCC(C)(C)CO)C(=O)N(C)[C@@H](CC2CCCCC2)C(=O)N(C)[C@@H](CC(C)C)C(=O)N[C@H](C(=O)N2CCCCC2)CC(=O)N[C@H](C(C)C)C(=O)N(C)C(CC2CCCCC2)C(=O)N[C@@H](CC(C)C)C(=O)N(C)[C@@H](CC(C)C)C(=O)N[C@@H]([C@@H](C)O)C1=O. The van der Waals surface area contributed by atoms with E-state index in [2.05, 4.69) is 26.6 Å². The molecule has 1 unspecified atom stereocenters. The topological polar surface area (TPSA) is 337 Å². The number of carbonyl (C=O) groups is 12. The first-order valence-electron chi connectivity index (χ1n) is 40.0. The van der Waals surface area contributed by atoms with E-state index >= 15 is 43.2 Å². The summed E-state index contributed by atoms with van der Waals surface area (Å²) in [6.45, 7) is 24.5. The zero-order valence-electron chi connectivity index (χ0n) is 68.2. The monoisotopic (exact) mass is 1500 g/mol. The van der Waals surface area contributed by atoms with Crippen molar-refractivity contribution in [3.63, 3.8) is 0 Å². The lowest BCUT2D eigenvalue weighted by Gasteiger charge is -2.39. The molecule has 0 aromatic carbocycles. The number of unbranched alkanes of at least 4 members (excludes halogenated alkanes) is 1. The van der Waals surface area contributed by atoms with Crippen LogP contribution < -0.4 is 26.6 Å². The Balaban J connectivity index is 2.02. The first-order chi connectivity index (χ1) is 49.7. The Morgan fingerprint density at radius 1 is 0.500 bits per heavy atom. The van der Waals surface area contributed by atoms with Crippen molar-refractivity contribution in [1.29, 1.82) is 0 Å². The first kappa shape index (κ1) is 91.9. The van der Waals surface area contributed by atoms with Gasteiger partial charge in [-0.2, -0.15) is 0 Å². The Morgan fingerprint density at radius 3 is 1.42 bits per heavy atom. The van der Waals surface area contributed by atoms with Gasteiger partial charge in [-0.3, -0.25) is 57.5 Å². The third-order valence-electron chi connectivity index (χ3n) is 21.8. The van der Waals surface area contributed by atoms with Crippen LogP contribution in [0.3, 0.4) is 0 Å². The average Bonchev–Trinajstić information content (AvgIpc) is 0.818. The third-order valence-corrected chi connectivity index (χ3v) is 21.8. The highest BCUT2D eigenvalue weighted by atomic mass is 16.5. The first-order valence-corrected chi connectivity index (χ1v) is 40.0. The quantitative estimate of drug-likeness (QED) is 0.0637. The molecule has 7 N–H and O–H groups in total. The molecular weight excluding hydrogens is 1360 g/mol. The van der Waals surface area contributed by atoms with Gasteiger partial charge in [-0.25, -0.2) is 0 Å². The van der Waals surface area contributed by atoms with Gasteiger partial charge in [-0.15, -0.1) is 0 Å². The third kappa shape index (κ3) is 28.2. The molecule has 0 aromatic rings. The van der Waals surface area contributed by atoms with Gasteiger partial charge in [-0.05, 0) is 113 Å². The lowest BCUT2D eigenvalue weighted by molar-refractivity contribution is -0.152. The van der Waals surface area contributed by atoms with Gasteiger partial charge in [0.2, 0.25) is 70.9 Å². The van der Waals surface area contributed by atoms with Crippen LogP contribution in [0.25, 0.3) is 0 Å². The molecule has 606 valence electrons. The summed E-state index contributed by atoms with van der Waals surface area (Å²) in [4.78, 5) is 192. The molecule has 4 rings (SSSR count). The van der Waals surface area contributed by atoms with E-state index in [-0.39, 0.29) is 93.8 Å². The molecule has 4 aliphatic rings. The number of hydrogen-bond donors (Lipinski definition) is 7. The number of carbonyl (C=O) groups excluding carboxylic acids is 12. The molecular formula is C79H140N12O15. The molecule has 11 atom stereocenters. The van der Waals surface area contributed by atoms with E-state index in [9.17, 15) is 24.6 Å². The molecule has 2 heterocycles. The van der Waals surface area contributed by atoms with Crippen LogP contribution in [0.15, 0.2) is 0 Å². The van der Waals surface area contributed by atoms with Crippen molar-refractivity contribution in [1.82, 2.24) is 60.9 Å². The van der Waals surface area contributed by atoms with Gasteiger partial charge >= 0.3 is 0 Å². The molecule has 2 saturated heterocycles. The zero-order chi connectivity index (χ0) is 79.6. The van der Waals surface area contributed by atoms with Crippen LogP contribution in [-0.4, -0.2) is 263 Å². The van der Waals surface area contributed by atoms with E-state index in [1.807, 2.05) is 62.3 Å². The van der Waals surface area contributed by atoms with Crippen molar-refractivity contribution in [3.05, 3.63) is 0 Å². The predicted octanol–water partition coefficient (Wildman–Crippen LogP) is 5.79. The van der Waals surface area contributed by atoms with E-state index in [4.69, 9.17) is 4.74 Å². The van der Waals surface area contributed by atoms with Gasteiger partial charge in [0.15, 0.2) is 0 Å². The highest BCUT2D eigenvalue weighted by molar-refractivity contribution is 6.00. The Bertz CT molecular complexity index is 2870. The summed E-state index contributed by atoms with van der Waals surface area (Å²) in [7, 11) is 7.29. The lowest BCUT2D eigenvalue weighted by atomic mass is 9.84. The van der Waals surface area contributed by atoms with Crippen LogP contribution in [0.5, 0.6) is 0 Å². The maximum Gasteiger partial charge on any atom is 0.248 e. The largest absolute Gasteiger partial charge is 0.396 e. The number of ether oxygens (including phenoxy) is 1. The number of amides is 12. The highest BCUT2D eigenvalue weighted by Crippen LogP contribution is 2.32. The number of aliphatic hydroxyl groups is 2. The van der Waals surface area contributed by atoms with E-state index in [0.29, 0.717) is 38.8 Å². The Morgan fingerprint density at radius 2 is 0.934 bits per heavy atom. The maximum absolute atomic E-state index is 15.8. The minimum absolute atomic E-state index is 0.00305. The normalized spacial score (nSPS) is 26.6. The Labute approximate surface area is 634 Å². The second-order valence-corrected chi connectivity index (χ2v) is 34.1. The van der Waals surface area contributed by atoms with Gasteiger partial charge in [0.25, 0.3) is 0 Å². The smallest absolute Gasteiger partial charge is 0.248 e. The van der Waals surface area contributed by atoms with Crippen LogP contribution in [0.4, 0.5) is 0 Å². The van der Waals surface area contributed by atoms with Gasteiger partial charge < -0.3 is 75.8 Å². The van der Waals surface area contributed by atoms with Gasteiger partial charge in [0.05, 0.1) is 38.9 Å². The van der Waals surface area contributed by atoms with Gasteiger partial charge in [0, 0.05) is 60.3 Å². The molecule has 2 aliphatic carbocycles. The molecule has 27 heteroatoms. The summed E-state index contributed by atoms with van der Waals surface area (Å²) in [6.07, 6.45) is 10.5. The second-order valence-electron chi connectivity index (χ2n) is 34.1. The Hall–Kier alpha value is -6.48. The van der Waals surface area contributed by atoms with Crippen LogP contribution in [0.2, 0.25) is 0 Å². The van der Waals surface area contributed by atoms with Crippen molar-refractivity contribution < 1.29 is 72.5 Å². The number of hydrogen-bond acceptors (Lipinski definition) is 15. The molecule has 0 spiro atoms. The minimum atomic E-state index is -1.65. The van der Waals surface area contributed by atoms with E-state index in [1.54, 1.807) is 32.6 Å². The minimum Gasteiger partial charge on any atom is -0.396 e. The number of nitrogens with one attached hydrogen (secondary N) is 5. The summed E-state index contributed by atoms with van der Waals surface area (Å²) in [5.74, 6) is -9.72. The van der Waals surface area contributed by atoms with Crippen molar-refractivity contribution in [2.45, 2.75) is 305 Å². The molecule has 106 heavy (non-hydrogen) atoms. The van der Waals surface area contributed by atoms with Gasteiger partial charge in [0.1, 0.15) is 60.4 Å². The predicted molar refractivity (Wildman–Crippen MR) is 407 cm³/mol. The molecule has 0 aromatic heterocycles. The molecule has 0 radical (unpaired) electrons. The maximum atomic E-state index is 15.8. The Kier molecular flexibility index (Phi) is 38.4. The van der Waals surface area contributed by atoms with Crippen molar-refractivity contribution in [3.8, 4) is 0 Å². The van der Waals surface area contributed by atoms with Crippen LogP contribution in [0, 0.1) is 46.8 Å². The number of rotatable bonds is 23. The summed E-state index contributed by atoms with van der Waals surface area (Å²) < 4.78 is 6.18. The summed E-state index contributed by atoms with van der Waals surface area (Å²) in [6, 6.07) is -13.3. The summed E-state index contributed by atoms with van der Waals surface area (Å²) in [5.41, 5.74) is -0.791. The van der Waals surface area contributed by atoms with Crippen molar-refractivity contribution in [2.24, 2.45) is 46.8 Å². The summed E-state index contributed by atoms with van der Waals surface area (Å²) >= 11 is 0. The number of likely N-dealkylation sites (tertiary alicyclic amines) is 1. The van der Waals surface area contributed by atoms with Gasteiger partial charge in [-0.1, -0.05) is 161 Å². The fourth-order valence-corrected chi connectivity index (χ4v) is 15.1. The number of aliphatic hydroxyl groups excluding tert-OH is 2. The van der Waals surface area contributed by atoms with Crippen LogP contribution in [-0.2, 0) is 62.3 Å². The molecule has 4 fully saturated rings. The molecule has 2 saturated carbocycles. The molecule has 27 nitrogen and oxygen atoms in total. The van der Waals surface area contributed by atoms with E-state index in [1.165, 1.54) is 71.6 Å².